The number of carbonyl (C=O) groups excluding carboxylic acids is 2. The Morgan fingerprint density at radius 2 is 1.74 bits per heavy atom. The fraction of sp³-hybridized carbons (Fsp3) is 0.667. The van der Waals surface area contributed by atoms with E-state index in [-0.39, 0.29) is 29.9 Å². The third-order valence-electron chi connectivity index (χ3n) is 6.28. The average Bonchev–Trinajstić information content (AvgIpc) is 2.71. The summed E-state index contributed by atoms with van der Waals surface area (Å²) in [4.78, 5) is 30.4. The van der Waals surface area contributed by atoms with Crippen molar-refractivity contribution in [3.8, 4) is 0 Å². The molecule has 2 aliphatic heterocycles. The molecule has 1 N–H and O–H groups in total. The van der Waals surface area contributed by atoms with Crippen molar-refractivity contribution >= 4 is 23.4 Å². The lowest BCUT2D eigenvalue weighted by atomic mass is 9.94. The first-order valence-corrected chi connectivity index (χ1v) is 11.8. The van der Waals surface area contributed by atoms with Crippen LogP contribution in [0.5, 0.6) is 0 Å². The fourth-order valence-corrected chi connectivity index (χ4v) is 4.93. The molecule has 0 bridgehead atoms. The van der Waals surface area contributed by atoms with E-state index in [9.17, 15) is 9.59 Å². The SMILES string of the molecule is CC1CN(CC2CCN(C(=O)C(NC(=O)c3ccccc3Cl)C(C)C)CC2)CC(C)O1. The number of hydrogen-bond acceptors (Lipinski definition) is 4. The van der Waals surface area contributed by atoms with Crippen LogP contribution in [0.4, 0.5) is 0 Å². The summed E-state index contributed by atoms with van der Waals surface area (Å²) in [6.07, 6.45) is 2.54. The first-order valence-electron chi connectivity index (χ1n) is 11.5. The zero-order valence-electron chi connectivity index (χ0n) is 19.1. The summed E-state index contributed by atoms with van der Waals surface area (Å²) in [5.74, 6) is 0.287. The molecular formula is C24H36ClN3O3. The highest BCUT2D eigenvalue weighted by Crippen LogP contribution is 2.23. The summed E-state index contributed by atoms with van der Waals surface area (Å²) in [7, 11) is 0. The van der Waals surface area contributed by atoms with Crippen LogP contribution in [-0.4, -0.2) is 72.6 Å². The number of carbonyl (C=O) groups is 2. The minimum atomic E-state index is -0.554. The van der Waals surface area contributed by atoms with Crippen molar-refractivity contribution in [1.82, 2.24) is 15.1 Å². The number of piperidine rings is 1. The van der Waals surface area contributed by atoms with Crippen molar-refractivity contribution in [2.75, 3.05) is 32.7 Å². The monoisotopic (exact) mass is 449 g/mol. The van der Waals surface area contributed by atoms with Gasteiger partial charge in [-0.2, -0.15) is 0 Å². The quantitative estimate of drug-likeness (QED) is 0.722. The van der Waals surface area contributed by atoms with Gasteiger partial charge in [-0.1, -0.05) is 37.6 Å². The van der Waals surface area contributed by atoms with Gasteiger partial charge in [0.05, 0.1) is 22.8 Å². The molecule has 0 aliphatic carbocycles. The van der Waals surface area contributed by atoms with E-state index in [0.717, 1.165) is 45.6 Å². The van der Waals surface area contributed by atoms with E-state index in [1.54, 1.807) is 24.3 Å². The van der Waals surface area contributed by atoms with Gasteiger partial charge in [-0.05, 0) is 50.7 Å². The summed E-state index contributed by atoms with van der Waals surface area (Å²) < 4.78 is 5.84. The van der Waals surface area contributed by atoms with Crippen LogP contribution in [0, 0.1) is 11.8 Å². The topological polar surface area (TPSA) is 61.9 Å². The Hall–Kier alpha value is -1.63. The van der Waals surface area contributed by atoms with Crippen molar-refractivity contribution in [3.05, 3.63) is 34.9 Å². The first-order chi connectivity index (χ1) is 14.7. The molecule has 0 saturated carbocycles. The molecule has 0 aromatic heterocycles. The molecule has 1 aromatic carbocycles. The number of nitrogens with one attached hydrogen (secondary N) is 1. The third kappa shape index (κ3) is 6.43. The van der Waals surface area contributed by atoms with Gasteiger partial charge < -0.3 is 15.0 Å². The van der Waals surface area contributed by atoms with Crippen LogP contribution in [0.1, 0.15) is 50.9 Å². The van der Waals surface area contributed by atoms with Gasteiger partial charge in [-0.3, -0.25) is 14.5 Å². The Balaban J connectivity index is 1.54. The number of nitrogens with zero attached hydrogens (tertiary/aromatic N) is 2. The maximum absolute atomic E-state index is 13.2. The molecule has 3 unspecified atom stereocenters. The minimum Gasteiger partial charge on any atom is -0.373 e. The van der Waals surface area contributed by atoms with Gasteiger partial charge in [0.25, 0.3) is 5.91 Å². The van der Waals surface area contributed by atoms with Crippen LogP contribution < -0.4 is 5.32 Å². The minimum absolute atomic E-state index is 0.00229. The van der Waals surface area contributed by atoms with E-state index in [1.165, 1.54) is 0 Å². The normalized spacial score (nSPS) is 24.3. The lowest BCUT2D eigenvalue weighted by Crippen LogP contribution is -2.54. The predicted octanol–water partition coefficient (Wildman–Crippen LogP) is 3.44. The number of hydrogen-bond donors (Lipinski definition) is 1. The molecule has 3 atom stereocenters. The third-order valence-corrected chi connectivity index (χ3v) is 6.61. The summed E-state index contributed by atoms with van der Waals surface area (Å²) in [6, 6.07) is 6.36. The van der Waals surface area contributed by atoms with Crippen LogP contribution in [0.2, 0.25) is 5.02 Å². The van der Waals surface area contributed by atoms with Crippen molar-refractivity contribution < 1.29 is 14.3 Å². The number of amides is 2. The Kier molecular flexibility index (Phi) is 8.36. The lowest BCUT2D eigenvalue weighted by molar-refractivity contribution is -0.136. The van der Waals surface area contributed by atoms with Crippen LogP contribution in [0.3, 0.4) is 0 Å². The molecule has 3 rings (SSSR count). The Labute approximate surface area is 191 Å². The number of likely N-dealkylation sites (tertiary alicyclic amines) is 1. The van der Waals surface area contributed by atoms with Gasteiger partial charge in [0.15, 0.2) is 0 Å². The first kappa shape index (κ1) is 24.0. The van der Waals surface area contributed by atoms with Gasteiger partial charge in [0.2, 0.25) is 5.91 Å². The zero-order chi connectivity index (χ0) is 22.5. The second-order valence-corrected chi connectivity index (χ2v) is 9.83. The zero-order valence-corrected chi connectivity index (χ0v) is 19.9. The molecule has 0 radical (unpaired) electrons. The van der Waals surface area contributed by atoms with Crippen LogP contribution >= 0.6 is 11.6 Å². The maximum atomic E-state index is 13.2. The highest BCUT2D eigenvalue weighted by Gasteiger charge is 2.33. The molecule has 1 aromatic rings. The molecular weight excluding hydrogens is 414 g/mol. The second kappa shape index (κ2) is 10.8. The van der Waals surface area contributed by atoms with Crippen molar-refractivity contribution in [2.45, 2.75) is 58.8 Å². The number of ether oxygens (including phenoxy) is 1. The van der Waals surface area contributed by atoms with Crippen molar-refractivity contribution in [2.24, 2.45) is 11.8 Å². The summed E-state index contributed by atoms with van der Waals surface area (Å²) in [5.41, 5.74) is 0.398. The molecule has 172 valence electrons. The Morgan fingerprint density at radius 3 is 2.32 bits per heavy atom. The smallest absolute Gasteiger partial charge is 0.253 e. The lowest BCUT2D eigenvalue weighted by Gasteiger charge is -2.40. The van der Waals surface area contributed by atoms with E-state index < -0.39 is 6.04 Å². The molecule has 2 fully saturated rings. The molecule has 6 nitrogen and oxygen atoms in total. The van der Waals surface area contributed by atoms with Crippen LogP contribution in [0.25, 0.3) is 0 Å². The summed E-state index contributed by atoms with van der Waals surface area (Å²) in [5, 5.41) is 3.31. The van der Waals surface area contributed by atoms with Crippen LogP contribution in [0.15, 0.2) is 24.3 Å². The van der Waals surface area contributed by atoms with E-state index >= 15 is 0 Å². The van der Waals surface area contributed by atoms with Gasteiger partial charge in [0, 0.05) is 32.7 Å². The van der Waals surface area contributed by atoms with Gasteiger partial charge >= 0.3 is 0 Å². The van der Waals surface area contributed by atoms with E-state index in [4.69, 9.17) is 16.3 Å². The Morgan fingerprint density at radius 1 is 1.13 bits per heavy atom. The molecule has 0 spiro atoms. The second-order valence-electron chi connectivity index (χ2n) is 9.42. The number of halogens is 1. The maximum Gasteiger partial charge on any atom is 0.253 e. The van der Waals surface area contributed by atoms with Crippen LogP contribution in [-0.2, 0) is 9.53 Å². The molecule has 2 saturated heterocycles. The number of morpholine rings is 1. The predicted molar refractivity (Wildman–Crippen MR) is 123 cm³/mol. The van der Waals surface area contributed by atoms with E-state index in [0.29, 0.717) is 16.5 Å². The highest BCUT2D eigenvalue weighted by molar-refractivity contribution is 6.33. The summed E-state index contributed by atoms with van der Waals surface area (Å²) in [6.45, 7) is 12.7. The molecule has 2 amide bonds. The average molecular weight is 450 g/mol. The molecule has 2 heterocycles. The fourth-order valence-electron chi connectivity index (χ4n) is 4.71. The molecule has 31 heavy (non-hydrogen) atoms. The van der Waals surface area contributed by atoms with Crippen molar-refractivity contribution in [3.63, 3.8) is 0 Å². The van der Waals surface area contributed by atoms with Crippen molar-refractivity contribution in [1.29, 1.82) is 0 Å². The largest absolute Gasteiger partial charge is 0.373 e. The molecule has 2 aliphatic rings. The number of rotatable bonds is 6. The summed E-state index contributed by atoms with van der Waals surface area (Å²) >= 11 is 6.16. The van der Waals surface area contributed by atoms with E-state index in [2.05, 4.69) is 24.1 Å². The van der Waals surface area contributed by atoms with Gasteiger partial charge in [-0.15, -0.1) is 0 Å². The van der Waals surface area contributed by atoms with Gasteiger partial charge in [0.1, 0.15) is 6.04 Å². The van der Waals surface area contributed by atoms with Gasteiger partial charge in [-0.25, -0.2) is 0 Å². The number of benzene rings is 1. The standard InChI is InChI=1S/C24H36ClN3O3/c1-16(2)22(26-23(29)20-7-5-6-8-21(20)25)24(30)28-11-9-19(10-12-28)15-27-13-17(3)31-18(4)14-27/h5-8,16-19,22H,9-15H2,1-4H3,(H,26,29). The molecule has 7 heteroatoms. The highest BCUT2D eigenvalue weighted by atomic mass is 35.5. The Bertz CT molecular complexity index is 754. The van der Waals surface area contributed by atoms with E-state index in [1.807, 2.05) is 18.7 Å².